The molecule has 0 radical (unpaired) electrons. The maximum absolute atomic E-state index is 12.6. The van der Waals surface area contributed by atoms with Crippen LogP contribution in [0.25, 0.3) is 22.4 Å². The van der Waals surface area contributed by atoms with Crippen molar-refractivity contribution in [3.63, 3.8) is 0 Å². The van der Waals surface area contributed by atoms with E-state index in [0.717, 1.165) is 37.2 Å². The lowest BCUT2D eigenvalue weighted by Gasteiger charge is -2.22. The van der Waals surface area contributed by atoms with Crippen molar-refractivity contribution in [2.75, 3.05) is 23.7 Å². The minimum absolute atomic E-state index is 0.277. The van der Waals surface area contributed by atoms with Crippen LogP contribution in [0.3, 0.4) is 0 Å². The van der Waals surface area contributed by atoms with Gasteiger partial charge in [0.2, 0.25) is 0 Å². The third kappa shape index (κ3) is 2.85. The quantitative estimate of drug-likeness (QED) is 0.696. The Kier molecular flexibility index (Phi) is 4.36. The molecule has 3 aromatic rings. The van der Waals surface area contributed by atoms with E-state index < -0.39 is 9.73 Å². The van der Waals surface area contributed by atoms with Gasteiger partial charge in [0.1, 0.15) is 5.52 Å². The lowest BCUT2D eigenvalue weighted by molar-refractivity contribution is 0.675. The molecule has 6 nitrogen and oxygen atoms in total. The van der Waals surface area contributed by atoms with E-state index in [1.54, 1.807) is 19.3 Å². The van der Waals surface area contributed by atoms with Crippen LogP contribution in [0.4, 0.5) is 5.69 Å². The first kappa shape index (κ1) is 17.3. The summed E-state index contributed by atoms with van der Waals surface area (Å²) in [5.41, 5.74) is 3.83. The van der Waals surface area contributed by atoms with Gasteiger partial charge in [0, 0.05) is 47.4 Å². The highest BCUT2D eigenvalue weighted by molar-refractivity contribution is 7.92. The van der Waals surface area contributed by atoms with Crippen molar-refractivity contribution in [2.45, 2.75) is 24.7 Å². The van der Waals surface area contributed by atoms with E-state index in [-0.39, 0.29) is 5.75 Å². The summed E-state index contributed by atoms with van der Waals surface area (Å²) < 4.78 is 20.8. The Morgan fingerprint density at radius 1 is 1.27 bits per heavy atom. The molecular weight excluding hydrogens is 370 g/mol. The molecule has 26 heavy (non-hydrogen) atoms. The average Bonchev–Trinajstić information content (AvgIpc) is 3.30. The fraction of sp³-hybridized carbons (Fsp3) is 0.333. The van der Waals surface area contributed by atoms with Gasteiger partial charge in [0.05, 0.1) is 20.4 Å². The van der Waals surface area contributed by atoms with E-state index in [1.807, 2.05) is 18.2 Å². The van der Waals surface area contributed by atoms with Crippen molar-refractivity contribution in [2.24, 2.45) is 0 Å². The van der Waals surface area contributed by atoms with Gasteiger partial charge in [-0.15, -0.1) is 0 Å². The number of nitrogens with zero attached hydrogens (tertiary/aromatic N) is 3. The van der Waals surface area contributed by atoms with Gasteiger partial charge in [0.15, 0.2) is 5.65 Å². The van der Waals surface area contributed by atoms with Gasteiger partial charge in [-0.1, -0.05) is 18.5 Å². The summed E-state index contributed by atoms with van der Waals surface area (Å²) in [6, 6.07) is 5.61. The zero-order valence-corrected chi connectivity index (χ0v) is 16.0. The molecule has 0 saturated carbocycles. The van der Waals surface area contributed by atoms with Crippen LogP contribution in [-0.2, 0) is 9.73 Å². The molecule has 1 fully saturated rings. The molecule has 2 aromatic heterocycles. The van der Waals surface area contributed by atoms with Gasteiger partial charge in [0.25, 0.3) is 0 Å². The molecule has 1 aliphatic heterocycles. The van der Waals surface area contributed by atoms with Gasteiger partial charge in [-0.25, -0.2) is 19.0 Å². The van der Waals surface area contributed by atoms with Crippen molar-refractivity contribution >= 4 is 38.2 Å². The Balaban J connectivity index is 1.96. The fourth-order valence-electron chi connectivity index (χ4n) is 3.39. The lowest BCUT2D eigenvalue weighted by Crippen LogP contribution is -2.18. The molecule has 1 saturated heterocycles. The van der Waals surface area contributed by atoms with E-state index in [2.05, 4.69) is 19.9 Å². The molecule has 1 aliphatic rings. The molecule has 0 bridgehead atoms. The second-order valence-electron chi connectivity index (χ2n) is 6.40. The normalized spacial score (nSPS) is 16.9. The van der Waals surface area contributed by atoms with Crippen LogP contribution >= 0.6 is 11.6 Å². The number of aromatic amines is 1. The molecule has 136 valence electrons. The maximum atomic E-state index is 12.6. The predicted octanol–water partition coefficient (Wildman–Crippen LogP) is 4.30. The Bertz CT molecular complexity index is 1070. The highest BCUT2D eigenvalue weighted by atomic mass is 35.5. The number of nitrogens with one attached hydrogen (secondary N) is 2. The largest absolute Gasteiger partial charge is 0.371 e. The number of benzene rings is 1. The van der Waals surface area contributed by atoms with Crippen LogP contribution in [0.1, 0.15) is 19.8 Å². The fourth-order valence-corrected chi connectivity index (χ4v) is 4.61. The second-order valence-corrected chi connectivity index (χ2v) is 9.18. The number of rotatable bonds is 4. The van der Waals surface area contributed by atoms with Gasteiger partial charge < -0.3 is 9.88 Å². The van der Waals surface area contributed by atoms with Crippen molar-refractivity contribution in [1.82, 2.24) is 15.0 Å². The molecule has 0 amide bonds. The number of hydrogen-bond acceptors (Lipinski definition) is 5. The number of fused-ring (bicyclic) bond motifs is 1. The van der Waals surface area contributed by atoms with E-state index >= 15 is 0 Å². The molecule has 0 aliphatic carbocycles. The van der Waals surface area contributed by atoms with Crippen molar-refractivity contribution in [3.05, 3.63) is 35.6 Å². The van der Waals surface area contributed by atoms with E-state index in [1.165, 1.54) is 0 Å². The molecule has 1 unspecified atom stereocenters. The Hall–Kier alpha value is -2.12. The van der Waals surface area contributed by atoms with E-state index in [9.17, 15) is 4.21 Å². The Morgan fingerprint density at radius 2 is 2.00 bits per heavy atom. The van der Waals surface area contributed by atoms with Gasteiger partial charge in [-0.2, -0.15) is 0 Å². The highest BCUT2D eigenvalue weighted by Crippen LogP contribution is 2.40. The highest BCUT2D eigenvalue weighted by Gasteiger charge is 2.22. The van der Waals surface area contributed by atoms with E-state index in [0.29, 0.717) is 26.8 Å². The summed E-state index contributed by atoms with van der Waals surface area (Å²) in [7, 11) is -2.82. The van der Waals surface area contributed by atoms with Crippen LogP contribution in [-0.4, -0.2) is 38.0 Å². The Labute approximate surface area is 157 Å². The first-order chi connectivity index (χ1) is 12.5. The summed E-state index contributed by atoms with van der Waals surface area (Å²) in [6.07, 6.45) is 5.52. The average molecular weight is 390 g/mol. The van der Waals surface area contributed by atoms with Gasteiger partial charge in [-0.3, -0.25) is 0 Å². The second kappa shape index (κ2) is 6.55. The minimum Gasteiger partial charge on any atom is -0.371 e. The zero-order chi connectivity index (χ0) is 18.3. The molecule has 0 spiro atoms. The van der Waals surface area contributed by atoms with Crippen LogP contribution in [0.2, 0.25) is 5.02 Å². The summed E-state index contributed by atoms with van der Waals surface area (Å²) in [5, 5.41) is 0.499. The monoisotopic (exact) mass is 389 g/mol. The third-order valence-electron chi connectivity index (χ3n) is 4.84. The summed E-state index contributed by atoms with van der Waals surface area (Å²) in [4.78, 5) is 14.7. The SMILES string of the molecule is CCS(=N)(=O)c1ccc(N2CCCC2)c(-c2[nH]c3nccnc3c2Cl)c1. The molecule has 1 atom stereocenters. The predicted molar refractivity (Wildman–Crippen MR) is 105 cm³/mol. The van der Waals surface area contributed by atoms with E-state index in [4.69, 9.17) is 16.4 Å². The zero-order valence-electron chi connectivity index (χ0n) is 14.5. The number of aromatic nitrogens is 3. The number of halogens is 1. The van der Waals surface area contributed by atoms with Crippen molar-refractivity contribution in [3.8, 4) is 11.3 Å². The van der Waals surface area contributed by atoms with Crippen LogP contribution < -0.4 is 4.90 Å². The van der Waals surface area contributed by atoms with Gasteiger partial charge in [-0.05, 0) is 31.0 Å². The number of hydrogen-bond donors (Lipinski definition) is 2. The first-order valence-corrected chi connectivity index (χ1v) is 10.8. The van der Waals surface area contributed by atoms with Crippen molar-refractivity contribution in [1.29, 1.82) is 4.78 Å². The minimum atomic E-state index is -2.82. The molecular formula is C18H20ClN5OS. The van der Waals surface area contributed by atoms with Gasteiger partial charge >= 0.3 is 0 Å². The number of H-pyrrole nitrogens is 1. The summed E-state index contributed by atoms with van der Waals surface area (Å²) >= 11 is 6.60. The smallest absolute Gasteiger partial charge is 0.158 e. The topological polar surface area (TPSA) is 85.7 Å². The third-order valence-corrected chi connectivity index (χ3v) is 7.04. The molecule has 4 rings (SSSR count). The maximum Gasteiger partial charge on any atom is 0.158 e. The Morgan fingerprint density at radius 3 is 2.69 bits per heavy atom. The number of anilines is 1. The standard InChI is InChI=1S/C18H20ClN5OS/c1-2-26(20,25)12-5-6-14(24-9-3-4-10-24)13(11-12)16-15(19)17-18(23-16)22-8-7-21-17/h5-8,11,20H,2-4,9-10H2,1H3,(H,22,23). The van der Waals surface area contributed by atoms with Crippen LogP contribution in [0.15, 0.2) is 35.5 Å². The first-order valence-electron chi connectivity index (χ1n) is 8.65. The molecule has 3 heterocycles. The summed E-state index contributed by atoms with van der Waals surface area (Å²) in [6.45, 7) is 3.72. The lowest BCUT2D eigenvalue weighted by atomic mass is 10.1. The molecule has 2 N–H and O–H groups in total. The summed E-state index contributed by atoms with van der Waals surface area (Å²) in [5.74, 6) is 0.277. The molecule has 1 aromatic carbocycles. The van der Waals surface area contributed by atoms with Crippen molar-refractivity contribution < 1.29 is 4.21 Å². The van der Waals surface area contributed by atoms with Crippen LogP contribution in [0.5, 0.6) is 0 Å². The van der Waals surface area contributed by atoms with Crippen LogP contribution in [0, 0.1) is 4.78 Å². The molecule has 8 heteroatoms.